The molecule has 18 heavy (non-hydrogen) atoms. The average Bonchev–Trinajstić information content (AvgIpc) is 2.41. The lowest BCUT2D eigenvalue weighted by Gasteiger charge is -2.14. The summed E-state index contributed by atoms with van der Waals surface area (Å²) in [6, 6.07) is 6.32. The Morgan fingerprint density at radius 1 is 1.44 bits per heavy atom. The van der Waals surface area contributed by atoms with Gasteiger partial charge in [-0.1, -0.05) is 23.9 Å². The van der Waals surface area contributed by atoms with Crippen molar-refractivity contribution in [1.29, 1.82) is 0 Å². The minimum absolute atomic E-state index is 0.238. The van der Waals surface area contributed by atoms with Crippen molar-refractivity contribution in [2.75, 3.05) is 26.0 Å². The first-order chi connectivity index (χ1) is 8.79. The molecule has 0 atom stereocenters. The van der Waals surface area contributed by atoms with Gasteiger partial charge in [-0.25, -0.2) is 4.39 Å². The second-order valence-corrected chi connectivity index (χ2v) is 4.61. The molecule has 1 aromatic carbocycles. The number of aliphatic imine (C=N–C) groups is 1. The predicted molar refractivity (Wildman–Crippen MR) is 72.7 cm³/mol. The zero-order valence-electron chi connectivity index (χ0n) is 10.0. The molecule has 0 unspecified atom stereocenters. The second-order valence-electron chi connectivity index (χ2n) is 3.65. The number of rotatable bonds is 4. The van der Waals surface area contributed by atoms with Gasteiger partial charge in [0.05, 0.1) is 18.9 Å². The van der Waals surface area contributed by atoms with Crippen LogP contribution in [0.4, 0.5) is 4.39 Å². The van der Waals surface area contributed by atoms with E-state index in [0.29, 0.717) is 13.2 Å². The van der Waals surface area contributed by atoms with Gasteiger partial charge in [0.2, 0.25) is 0 Å². The van der Waals surface area contributed by atoms with Gasteiger partial charge in [0.25, 0.3) is 0 Å². The average molecular weight is 267 g/mol. The zero-order valence-corrected chi connectivity index (χ0v) is 10.8. The SMILES string of the molecule is COCCN=C1NN=C(c2ccc(F)cc2)CS1. The molecule has 0 fully saturated rings. The molecule has 1 aromatic rings. The molecule has 1 N–H and O–H groups in total. The quantitative estimate of drug-likeness (QED) is 0.847. The van der Waals surface area contributed by atoms with Crippen LogP contribution in [0.2, 0.25) is 0 Å². The van der Waals surface area contributed by atoms with Crippen LogP contribution in [0.25, 0.3) is 0 Å². The summed E-state index contributed by atoms with van der Waals surface area (Å²) in [5, 5.41) is 5.03. The predicted octanol–water partition coefficient (Wildman–Crippen LogP) is 1.87. The lowest BCUT2D eigenvalue weighted by molar-refractivity contribution is 0.208. The molecule has 1 heterocycles. The summed E-state index contributed by atoms with van der Waals surface area (Å²) in [6.45, 7) is 1.22. The standard InChI is InChI=1S/C12H14FN3OS/c1-17-7-6-14-12-16-15-11(8-18-12)9-2-4-10(13)5-3-9/h2-5H,6-8H2,1H3,(H,14,16). The van der Waals surface area contributed by atoms with E-state index < -0.39 is 0 Å². The van der Waals surface area contributed by atoms with E-state index in [1.807, 2.05) is 0 Å². The maximum absolute atomic E-state index is 12.8. The number of nitrogens with zero attached hydrogens (tertiary/aromatic N) is 2. The first-order valence-electron chi connectivity index (χ1n) is 5.54. The molecule has 2 rings (SSSR count). The summed E-state index contributed by atoms with van der Waals surface area (Å²) in [7, 11) is 1.65. The highest BCUT2D eigenvalue weighted by Crippen LogP contribution is 2.14. The monoisotopic (exact) mass is 267 g/mol. The summed E-state index contributed by atoms with van der Waals surface area (Å²) < 4.78 is 17.7. The van der Waals surface area contributed by atoms with Gasteiger partial charge >= 0.3 is 0 Å². The van der Waals surface area contributed by atoms with Crippen LogP contribution in [0.1, 0.15) is 5.56 Å². The summed E-state index contributed by atoms with van der Waals surface area (Å²) in [5.41, 5.74) is 4.71. The molecule has 0 bridgehead atoms. The summed E-state index contributed by atoms with van der Waals surface area (Å²) in [5.74, 6) is 0.488. The molecule has 1 aliphatic heterocycles. The summed E-state index contributed by atoms with van der Waals surface area (Å²) in [6.07, 6.45) is 0. The van der Waals surface area contributed by atoms with Crippen molar-refractivity contribution in [3.05, 3.63) is 35.6 Å². The van der Waals surface area contributed by atoms with E-state index in [4.69, 9.17) is 4.74 Å². The van der Waals surface area contributed by atoms with Gasteiger partial charge in [-0.3, -0.25) is 10.4 Å². The Hall–Kier alpha value is -1.40. The van der Waals surface area contributed by atoms with Crippen LogP contribution in [0.5, 0.6) is 0 Å². The van der Waals surface area contributed by atoms with Crippen LogP contribution >= 0.6 is 11.8 Å². The van der Waals surface area contributed by atoms with Gasteiger partial charge in [0, 0.05) is 12.9 Å². The normalized spacial score (nSPS) is 17.4. The van der Waals surface area contributed by atoms with Crippen LogP contribution in [0.15, 0.2) is 34.4 Å². The fourth-order valence-electron chi connectivity index (χ4n) is 1.43. The van der Waals surface area contributed by atoms with Gasteiger partial charge in [0.1, 0.15) is 5.82 Å². The molecule has 4 nitrogen and oxygen atoms in total. The molecule has 0 spiro atoms. The fraction of sp³-hybridized carbons (Fsp3) is 0.333. The molecule has 6 heteroatoms. The lowest BCUT2D eigenvalue weighted by atomic mass is 10.1. The molecule has 0 aromatic heterocycles. The van der Waals surface area contributed by atoms with Crippen molar-refractivity contribution in [2.45, 2.75) is 0 Å². The molecule has 0 amide bonds. The number of hydrogen-bond acceptors (Lipinski definition) is 4. The van der Waals surface area contributed by atoms with E-state index >= 15 is 0 Å². The third-order valence-corrected chi connectivity index (χ3v) is 3.27. The molecular weight excluding hydrogens is 253 g/mol. The van der Waals surface area contributed by atoms with Gasteiger partial charge < -0.3 is 4.74 Å². The Balaban J connectivity index is 1.98. The Labute approximate surface area is 109 Å². The fourth-order valence-corrected chi connectivity index (χ4v) is 2.22. The summed E-state index contributed by atoms with van der Waals surface area (Å²) in [4.78, 5) is 4.29. The van der Waals surface area contributed by atoms with Crippen LogP contribution in [-0.4, -0.2) is 36.9 Å². The molecule has 1 aliphatic rings. The Morgan fingerprint density at radius 3 is 2.83 bits per heavy atom. The Morgan fingerprint density at radius 2 is 2.22 bits per heavy atom. The number of hydrazone groups is 1. The number of methoxy groups -OCH3 is 1. The number of thioether (sulfide) groups is 1. The van der Waals surface area contributed by atoms with Crippen LogP contribution < -0.4 is 5.43 Å². The van der Waals surface area contributed by atoms with Gasteiger partial charge in [0.15, 0.2) is 5.17 Å². The van der Waals surface area contributed by atoms with Gasteiger partial charge in [-0.15, -0.1) is 0 Å². The summed E-state index contributed by atoms with van der Waals surface area (Å²) >= 11 is 1.58. The molecule has 0 radical (unpaired) electrons. The maximum atomic E-state index is 12.8. The topological polar surface area (TPSA) is 46.0 Å². The van der Waals surface area contributed by atoms with Crippen LogP contribution in [0.3, 0.4) is 0 Å². The number of halogens is 1. The van der Waals surface area contributed by atoms with Crippen molar-refractivity contribution < 1.29 is 9.13 Å². The maximum Gasteiger partial charge on any atom is 0.177 e. The molecule has 0 saturated heterocycles. The highest BCUT2D eigenvalue weighted by molar-refractivity contribution is 8.14. The van der Waals surface area contributed by atoms with E-state index in [1.165, 1.54) is 12.1 Å². The number of amidine groups is 1. The molecule has 0 aliphatic carbocycles. The number of benzene rings is 1. The number of hydrogen-bond donors (Lipinski definition) is 1. The number of nitrogens with one attached hydrogen (secondary N) is 1. The van der Waals surface area contributed by atoms with E-state index in [0.717, 1.165) is 22.2 Å². The number of ether oxygens (including phenoxy) is 1. The highest BCUT2D eigenvalue weighted by atomic mass is 32.2. The highest BCUT2D eigenvalue weighted by Gasteiger charge is 2.12. The van der Waals surface area contributed by atoms with Crippen LogP contribution in [0, 0.1) is 5.82 Å². The third-order valence-electron chi connectivity index (χ3n) is 2.36. The van der Waals surface area contributed by atoms with E-state index in [2.05, 4.69) is 15.5 Å². The van der Waals surface area contributed by atoms with Crippen molar-refractivity contribution in [3.8, 4) is 0 Å². The van der Waals surface area contributed by atoms with Crippen molar-refractivity contribution in [3.63, 3.8) is 0 Å². The van der Waals surface area contributed by atoms with Crippen molar-refractivity contribution in [1.82, 2.24) is 5.43 Å². The first-order valence-corrected chi connectivity index (χ1v) is 6.53. The van der Waals surface area contributed by atoms with Crippen LogP contribution in [-0.2, 0) is 4.74 Å². The van der Waals surface area contributed by atoms with E-state index in [-0.39, 0.29) is 5.82 Å². The van der Waals surface area contributed by atoms with Crippen molar-refractivity contribution >= 4 is 22.6 Å². The minimum Gasteiger partial charge on any atom is -0.383 e. The molecule has 0 saturated carbocycles. The lowest BCUT2D eigenvalue weighted by Crippen LogP contribution is -2.25. The first kappa shape index (κ1) is 13.0. The zero-order chi connectivity index (χ0) is 12.8. The van der Waals surface area contributed by atoms with Gasteiger partial charge in [-0.05, 0) is 17.7 Å². The minimum atomic E-state index is -0.238. The third kappa shape index (κ3) is 3.54. The molecular formula is C12H14FN3OS. The second kappa shape index (κ2) is 6.51. The Kier molecular flexibility index (Phi) is 4.72. The van der Waals surface area contributed by atoms with E-state index in [1.54, 1.807) is 31.0 Å². The largest absolute Gasteiger partial charge is 0.383 e. The molecule has 96 valence electrons. The van der Waals surface area contributed by atoms with E-state index in [9.17, 15) is 4.39 Å². The van der Waals surface area contributed by atoms with Crippen molar-refractivity contribution in [2.24, 2.45) is 10.1 Å². The smallest absolute Gasteiger partial charge is 0.177 e. The Bertz CT molecular complexity index is 459. The van der Waals surface area contributed by atoms with Gasteiger partial charge in [-0.2, -0.15) is 5.10 Å².